The number of thiophene rings is 1. The summed E-state index contributed by atoms with van der Waals surface area (Å²) in [5.74, 6) is -0.781. The molecule has 24 heavy (non-hydrogen) atoms. The highest BCUT2D eigenvalue weighted by molar-refractivity contribution is 8.04. The number of nitrogens with two attached hydrogens (primary N) is 1. The quantitative estimate of drug-likeness (QED) is 0.841. The maximum atomic E-state index is 12.6. The molecule has 2 atom stereocenters. The Morgan fingerprint density at radius 2 is 2.08 bits per heavy atom. The maximum absolute atomic E-state index is 12.6. The number of likely N-dealkylation sites (tertiary alicyclic amines) is 1. The molecule has 6 nitrogen and oxygen atoms in total. The highest BCUT2D eigenvalue weighted by Crippen LogP contribution is 2.46. The first kappa shape index (κ1) is 16.9. The Morgan fingerprint density at radius 3 is 2.71 bits per heavy atom. The second-order valence-electron chi connectivity index (χ2n) is 5.76. The van der Waals surface area contributed by atoms with E-state index < -0.39 is 11.2 Å². The van der Waals surface area contributed by atoms with Crippen LogP contribution < -0.4 is 11.1 Å². The number of nitrogens with one attached hydrogen (secondary N) is 1. The summed E-state index contributed by atoms with van der Waals surface area (Å²) < 4.78 is 0. The molecule has 0 radical (unpaired) electrons. The lowest BCUT2D eigenvalue weighted by molar-refractivity contribution is -0.119. The van der Waals surface area contributed by atoms with Crippen molar-refractivity contribution in [1.82, 2.24) is 10.2 Å². The average Bonchev–Trinajstić information content (AvgIpc) is 3.22. The summed E-state index contributed by atoms with van der Waals surface area (Å²) in [6.45, 7) is 1.35. The largest absolute Gasteiger partial charge is 0.393 e. The van der Waals surface area contributed by atoms with Crippen LogP contribution >= 0.6 is 23.1 Å². The van der Waals surface area contributed by atoms with Crippen LogP contribution in [0.15, 0.2) is 28.1 Å². The third kappa shape index (κ3) is 3.28. The van der Waals surface area contributed by atoms with Crippen LogP contribution in [0.2, 0.25) is 0 Å². The van der Waals surface area contributed by atoms with Crippen molar-refractivity contribution in [3.05, 3.63) is 33.0 Å². The Balaban J connectivity index is 1.74. The number of piperidine rings is 1. The number of hydrogen-bond acceptors (Lipinski definition) is 6. The number of carbonyl (C=O) groups is 2. The van der Waals surface area contributed by atoms with Gasteiger partial charge in [0.1, 0.15) is 5.25 Å². The summed E-state index contributed by atoms with van der Waals surface area (Å²) in [4.78, 5) is 27.5. The summed E-state index contributed by atoms with van der Waals surface area (Å²) in [7, 11) is 0. The van der Waals surface area contributed by atoms with Crippen molar-refractivity contribution in [2.24, 2.45) is 5.73 Å². The van der Waals surface area contributed by atoms with Crippen LogP contribution in [0.4, 0.5) is 4.79 Å². The minimum Gasteiger partial charge on any atom is -0.393 e. The van der Waals surface area contributed by atoms with Crippen molar-refractivity contribution in [3.8, 4) is 6.07 Å². The van der Waals surface area contributed by atoms with Crippen LogP contribution in [0.25, 0.3) is 0 Å². The lowest BCUT2D eigenvalue weighted by atomic mass is 9.94. The molecule has 2 unspecified atom stereocenters. The molecule has 1 fully saturated rings. The standard InChI is InChI=1S/C16H18N4O2S2/c17-9-10-12(11-5-4-8-23-11)13(24-14(10)18)15(21)19-16(22)20-6-2-1-3-7-20/h4-5,8,12-13H,1-3,6-7,18H2,(H,19,21,22). The molecule has 1 saturated heterocycles. The van der Waals surface area contributed by atoms with E-state index >= 15 is 0 Å². The van der Waals surface area contributed by atoms with E-state index in [1.165, 1.54) is 11.3 Å². The van der Waals surface area contributed by atoms with Gasteiger partial charge in [-0.05, 0) is 30.7 Å². The molecule has 2 aliphatic rings. The second-order valence-corrected chi connectivity index (χ2v) is 7.93. The van der Waals surface area contributed by atoms with E-state index in [0.29, 0.717) is 23.7 Å². The molecule has 0 aromatic carbocycles. The fourth-order valence-electron chi connectivity index (χ4n) is 3.01. The molecule has 8 heteroatoms. The molecule has 0 bridgehead atoms. The van der Waals surface area contributed by atoms with Crippen LogP contribution in [-0.4, -0.2) is 35.2 Å². The molecule has 3 rings (SSSR count). The van der Waals surface area contributed by atoms with Gasteiger partial charge in [-0.15, -0.1) is 11.3 Å². The van der Waals surface area contributed by atoms with Gasteiger partial charge in [0, 0.05) is 18.0 Å². The monoisotopic (exact) mass is 362 g/mol. The summed E-state index contributed by atoms with van der Waals surface area (Å²) in [6, 6.07) is 5.53. The summed E-state index contributed by atoms with van der Waals surface area (Å²) in [5.41, 5.74) is 6.35. The van der Waals surface area contributed by atoms with Crippen molar-refractivity contribution >= 4 is 35.0 Å². The summed E-state index contributed by atoms with van der Waals surface area (Å²) in [5, 5.41) is 13.5. The average molecular weight is 362 g/mol. The molecule has 0 aliphatic carbocycles. The molecule has 1 aromatic heterocycles. The van der Waals surface area contributed by atoms with Gasteiger partial charge in [-0.2, -0.15) is 5.26 Å². The van der Waals surface area contributed by atoms with Crippen LogP contribution in [0.1, 0.15) is 30.1 Å². The molecule has 3 heterocycles. The van der Waals surface area contributed by atoms with Gasteiger partial charge in [0.2, 0.25) is 5.91 Å². The van der Waals surface area contributed by atoms with Crippen molar-refractivity contribution in [3.63, 3.8) is 0 Å². The van der Waals surface area contributed by atoms with E-state index in [1.807, 2.05) is 17.5 Å². The SMILES string of the molecule is N#CC1=C(N)SC(C(=O)NC(=O)N2CCCCC2)C1c1cccs1. The highest BCUT2D eigenvalue weighted by Gasteiger charge is 2.42. The Hall–Kier alpha value is -1.98. The summed E-state index contributed by atoms with van der Waals surface area (Å²) >= 11 is 2.64. The van der Waals surface area contributed by atoms with Crippen LogP contribution in [0.5, 0.6) is 0 Å². The first-order valence-corrected chi connectivity index (χ1v) is 9.57. The maximum Gasteiger partial charge on any atom is 0.324 e. The van der Waals surface area contributed by atoms with E-state index in [1.54, 1.807) is 4.90 Å². The number of imide groups is 1. The zero-order valence-electron chi connectivity index (χ0n) is 13.0. The minimum atomic E-state index is -0.591. The highest BCUT2D eigenvalue weighted by atomic mass is 32.2. The number of hydrogen-bond donors (Lipinski definition) is 2. The van der Waals surface area contributed by atoms with Crippen LogP contribution in [-0.2, 0) is 4.79 Å². The molecular weight excluding hydrogens is 344 g/mol. The topological polar surface area (TPSA) is 99.2 Å². The van der Waals surface area contributed by atoms with Crippen molar-refractivity contribution in [1.29, 1.82) is 5.26 Å². The molecular formula is C16H18N4O2S2. The van der Waals surface area contributed by atoms with Crippen molar-refractivity contribution < 1.29 is 9.59 Å². The Morgan fingerprint density at radius 1 is 1.33 bits per heavy atom. The molecule has 0 saturated carbocycles. The third-order valence-corrected chi connectivity index (χ3v) is 6.40. The zero-order chi connectivity index (χ0) is 17.1. The van der Waals surface area contributed by atoms with Gasteiger partial charge in [0.15, 0.2) is 0 Å². The predicted octanol–water partition coefficient (Wildman–Crippen LogP) is 2.36. The molecule has 0 spiro atoms. The lowest BCUT2D eigenvalue weighted by Crippen LogP contribution is -2.48. The Bertz CT molecular complexity index is 702. The minimum absolute atomic E-state index is 0.353. The van der Waals surface area contributed by atoms with Gasteiger partial charge in [-0.3, -0.25) is 10.1 Å². The van der Waals surface area contributed by atoms with Gasteiger partial charge < -0.3 is 10.6 Å². The van der Waals surface area contributed by atoms with Crippen LogP contribution in [0.3, 0.4) is 0 Å². The van der Waals surface area contributed by atoms with E-state index in [0.717, 1.165) is 35.9 Å². The van der Waals surface area contributed by atoms with Gasteiger partial charge in [0.25, 0.3) is 0 Å². The number of nitriles is 1. The fraction of sp³-hybridized carbons (Fsp3) is 0.438. The van der Waals surface area contributed by atoms with E-state index in [4.69, 9.17) is 5.73 Å². The Kier molecular flexibility index (Phi) is 5.11. The van der Waals surface area contributed by atoms with Crippen molar-refractivity contribution in [2.75, 3.05) is 13.1 Å². The second kappa shape index (κ2) is 7.28. The number of amides is 3. The normalized spacial score (nSPS) is 23.9. The van der Waals surface area contributed by atoms with Gasteiger partial charge in [0.05, 0.1) is 22.6 Å². The number of thioether (sulfide) groups is 1. The first-order chi connectivity index (χ1) is 11.6. The van der Waals surface area contributed by atoms with Gasteiger partial charge >= 0.3 is 6.03 Å². The van der Waals surface area contributed by atoms with Crippen LogP contribution in [0, 0.1) is 11.3 Å². The number of allylic oxidation sites excluding steroid dienone is 1. The van der Waals surface area contributed by atoms with E-state index in [-0.39, 0.29) is 11.9 Å². The molecule has 3 amide bonds. The molecule has 2 aliphatic heterocycles. The number of rotatable bonds is 2. The van der Waals surface area contributed by atoms with Gasteiger partial charge in [-0.1, -0.05) is 17.8 Å². The zero-order valence-corrected chi connectivity index (χ0v) is 14.7. The third-order valence-electron chi connectivity index (χ3n) is 4.24. The lowest BCUT2D eigenvalue weighted by Gasteiger charge is -2.27. The Labute approximate surface area is 148 Å². The number of carbonyl (C=O) groups excluding carboxylic acids is 2. The van der Waals surface area contributed by atoms with E-state index in [9.17, 15) is 14.9 Å². The van der Waals surface area contributed by atoms with Crippen molar-refractivity contribution in [2.45, 2.75) is 30.4 Å². The predicted molar refractivity (Wildman–Crippen MR) is 94.2 cm³/mol. The molecule has 126 valence electrons. The smallest absolute Gasteiger partial charge is 0.324 e. The summed E-state index contributed by atoms with van der Waals surface area (Å²) in [6.07, 6.45) is 3.04. The number of nitrogens with zero attached hydrogens (tertiary/aromatic N) is 2. The van der Waals surface area contributed by atoms with E-state index in [2.05, 4.69) is 11.4 Å². The molecule has 1 aromatic rings. The first-order valence-electron chi connectivity index (χ1n) is 7.81. The number of urea groups is 1. The fourth-order valence-corrected chi connectivity index (χ4v) is 5.13. The van der Waals surface area contributed by atoms with Gasteiger partial charge in [-0.25, -0.2) is 4.79 Å². The molecule has 3 N–H and O–H groups in total.